The minimum absolute atomic E-state index is 0.0583. The SMILES string of the molecule is C#CC#CC#CC#CC#CC.CC(=O)c1ccc(S(=O)(=O)N2CCC3(CC2)OCCN3S(=O)(=O)c2ccc(C(C)=O)cc2)cc1. The van der Waals surface area contributed by atoms with Crippen LogP contribution in [0, 0.1) is 59.7 Å². The molecule has 2 saturated heterocycles. The van der Waals surface area contributed by atoms with Crippen LogP contribution >= 0.6 is 0 Å². The van der Waals surface area contributed by atoms with Gasteiger partial charge >= 0.3 is 0 Å². The normalized spacial score (nSPS) is 15.5. The fourth-order valence-corrected chi connectivity index (χ4v) is 7.82. The van der Waals surface area contributed by atoms with Crippen LogP contribution in [0.4, 0.5) is 0 Å². The summed E-state index contributed by atoms with van der Waals surface area (Å²) < 4.78 is 61.5. The Bertz CT molecular complexity index is 1960. The van der Waals surface area contributed by atoms with Gasteiger partial charge < -0.3 is 4.74 Å². The van der Waals surface area contributed by atoms with Crippen LogP contribution in [0.15, 0.2) is 58.3 Å². The maximum absolute atomic E-state index is 13.4. The van der Waals surface area contributed by atoms with Crippen molar-refractivity contribution in [3.63, 3.8) is 0 Å². The lowest BCUT2D eigenvalue weighted by molar-refractivity contribution is -0.0806. The molecule has 2 aliphatic heterocycles. The van der Waals surface area contributed by atoms with Crippen molar-refractivity contribution in [2.75, 3.05) is 26.2 Å². The Morgan fingerprint density at radius 1 is 0.711 bits per heavy atom. The number of hydrogen-bond acceptors (Lipinski definition) is 7. The lowest BCUT2D eigenvalue weighted by atomic mass is 10.0. The van der Waals surface area contributed by atoms with E-state index in [1.807, 2.05) is 0 Å². The minimum Gasteiger partial charge on any atom is -0.358 e. The molecule has 45 heavy (non-hydrogen) atoms. The summed E-state index contributed by atoms with van der Waals surface area (Å²) in [6.45, 7) is 5.08. The van der Waals surface area contributed by atoms with E-state index >= 15 is 0 Å². The van der Waals surface area contributed by atoms with E-state index in [-0.39, 0.29) is 60.4 Å². The van der Waals surface area contributed by atoms with Crippen LogP contribution in [0.5, 0.6) is 0 Å². The number of piperidine rings is 1. The standard InChI is InChI=1S/C23H26N2O7S2.C11H4/c1-17(26)19-3-7-21(8-4-19)33(28,29)24-13-11-23(12-14-24)25(15-16-32-23)34(30,31)22-9-5-20(6-10-22)18(2)27;1-3-5-7-9-11-10-8-6-4-2/h3-10H,11-16H2,1-2H3;1H,2H3. The highest BCUT2D eigenvalue weighted by atomic mass is 32.2. The quantitative estimate of drug-likeness (QED) is 0.351. The molecule has 2 heterocycles. The summed E-state index contributed by atoms with van der Waals surface area (Å²) in [6.07, 6.45) is 5.21. The molecule has 2 aliphatic rings. The first-order valence-electron chi connectivity index (χ1n) is 13.7. The van der Waals surface area contributed by atoms with Crippen molar-refractivity contribution in [2.24, 2.45) is 0 Å². The number of terminal acetylenes is 1. The molecule has 2 aromatic rings. The molecule has 1 spiro atoms. The zero-order valence-corrected chi connectivity index (χ0v) is 26.6. The lowest BCUT2D eigenvalue weighted by Crippen LogP contribution is -2.55. The van der Waals surface area contributed by atoms with E-state index < -0.39 is 25.8 Å². The second kappa shape index (κ2) is 15.4. The molecule has 0 aliphatic carbocycles. The van der Waals surface area contributed by atoms with Gasteiger partial charge in [-0.05, 0) is 92.4 Å². The predicted molar refractivity (Wildman–Crippen MR) is 169 cm³/mol. The number of ether oxygens (including phenoxy) is 1. The average molecular weight is 643 g/mol. The number of carbonyl (C=O) groups is 2. The van der Waals surface area contributed by atoms with E-state index in [0.717, 1.165) is 0 Å². The van der Waals surface area contributed by atoms with Crippen molar-refractivity contribution >= 4 is 31.6 Å². The molecule has 0 amide bonds. The largest absolute Gasteiger partial charge is 0.358 e. The van der Waals surface area contributed by atoms with Crippen molar-refractivity contribution in [2.45, 2.75) is 49.1 Å². The van der Waals surface area contributed by atoms with Gasteiger partial charge in [0, 0.05) is 43.6 Å². The Morgan fingerprint density at radius 2 is 1.16 bits per heavy atom. The number of carbonyl (C=O) groups excluding carboxylic acids is 2. The smallest absolute Gasteiger partial charge is 0.245 e. The molecule has 0 aromatic heterocycles. The van der Waals surface area contributed by atoms with Gasteiger partial charge in [0.1, 0.15) is 5.72 Å². The lowest BCUT2D eigenvalue weighted by Gasteiger charge is -2.42. The molecule has 11 heteroatoms. The number of benzene rings is 2. The summed E-state index contributed by atoms with van der Waals surface area (Å²) in [6, 6.07) is 11.5. The number of Topliss-reactive ketones (excluding diaryl/α,β-unsaturated/α-hetero) is 2. The molecule has 0 saturated carbocycles. The Morgan fingerprint density at radius 3 is 1.60 bits per heavy atom. The molecular weight excluding hydrogens is 613 g/mol. The van der Waals surface area contributed by atoms with Crippen LogP contribution in [-0.4, -0.2) is 69.0 Å². The van der Waals surface area contributed by atoms with E-state index in [0.29, 0.717) is 11.1 Å². The van der Waals surface area contributed by atoms with Gasteiger partial charge in [0.05, 0.1) is 16.4 Å². The number of rotatable bonds is 6. The molecule has 230 valence electrons. The first-order valence-corrected chi connectivity index (χ1v) is 16.5. The first kappa shape index (κ1) is 34.8. The molecule has 9 nitrogen and oxygen atoms in total. The van der Waals surface area contributed by atoms with Gasteiger partial charge in [-0.25, -0.2) is 16.8 Å². The molecule has 4 rings (SSSR count). The molecule has 2 fully saturated rings. The summed E-state index contributed by atoms with van der Waals surface area (Å²) in [5.41, 5.74) is -0.281. The molecule has 0 atom stereocenters. The zero-order valence-electron chi connectivity index (χ0n) is 25.0. The molecule has 0 bridgehead atoms. The highest BCUT2D eigenvalue weighted by molar-refractivity contribution is 7.89. The van der Waals surface area contributed by atoms with Crippen molar-refractivity contribution in [1.82, 2.24) is 8.61 Å². The number of hydrogen-bond donors (Lipinski definition) is 0. The number of sulfonamides is 2. The second-order valence-corrected chi connectivity index (χ2v) is 13.5. The highest BCUT2D eigenvalue weighted by Gasteiger charge is 2.51. The van der Waals surface area contributed by atoms with Gasteiger partial charge in [0.25, 0.3) is 0 Å². The van der Waals surface area contributed by atoms with E-state index in [1.54, 1.807) is 6.92 Å². The number of ketones is 2. The third-order valence-corrected chi connectivity index (χ3v) is 10.8. The maximum atomic E-state index is 13.4. The van der Waals surface area contributed by atoms with E-state index in [9.17, 15) is 26.4 Å². The fraction of sp³-hybridized carbons (Fsp3) is 0.294. The summed E-state index contributed by atoms with van der Waals surface area (Å²) in [4.78, 5) is 23.1. The Labute approximate surface area is 265 Å². The fourth-order valence-electron chi connectivity index (χ4n) is 4.66. The third-order valence-electron chi connectivity index (χ3n) is 6.94. The van der Waals surface area contributed by atoms with Crippen LogP contribution in [0.2, 0.25) is 0 Å². The van der Waals surface area contributed by atoms with E-state index in [4.69, 9.17) is 11.2 Å². The Hall–Kier alpha value is -4.64. The van der Waals surface area contributed by atoms with Crippen LogP contribution in [0.25, 0.3) is 0 Å². The topological polar surface area (TPSA) is 118 Å². The number of nitrogens with zero attached hydrogens (tertiary/aromatic N) is 2. The van der Waals surface area contributed by atoms with Gasteiger partial charge in [-0.15, -0.1) is 6.42 Å². The van der Waals surface area contributed by atoms with Crippen LogP contribution in [-0.2, 0) is 24.8 Å². The minimum atomic E-state index is -3.91. The average Bonchev–Trinajstić information content (AvgIpc) is 3.44. The van der Waals surface area contributed by atoms with E-state index in [2.05, 4.69) is 53.3 Å². The van der Waals surface area contributed by atoms with Crippen molar-refractivity contribution in [3.05, 3.63) is 59.7 Å². The van der Waals surface area contributed by atoms with Crippen LogP contribution < -0.4 is 0 Å². The Balaban J connectivity index is 0.000000430. The molecule has 0 N–H and O–H groups in total. The Kier molecular flexibility index (Phi) is 11.9. The van der Waals surface area contributed by atoms with Crippen molar-refractivity contribution in [3.8, 4) is 59.7 Å². The van der Waals surface area contributed by atoms with Gasteiger partial charge in [0.15, 0.2) is 11.6 Å². The summed E-state index contributed by atoms with van der Waals surface area (Å²) in [5.74, 6) is 21.6. The monoisotopic (exact) mass is 642 g/mol. The third kappa shape index (κ3) is 8.51. The van der Waals surface area contributed by atoms with Crippen molar-refractivity contribution in [1.29, 1.82) is 0 Å². The second-order valence-electron chi connectivity index (χ2n) is 9.71. The molecule has 0 unspecified atom stereocenters. The zero-order chi connectivity index (χ0) is 33.1. The summed E-state index contributed by atoms with van der Waals surface area (Å²) in [7, 11) is -7.71. The van der Waals surface area contributed by atoms with Gasteiger partial charge in [-0.3, -0.25) is 9.59 Å². The summed E-state index contributed by atoms with van der Waals surface area (Å²) in [5, 5.41) is 0. The highest BCUT2D eigenvalue weighted by Crippen LogP contribution is 2.39. The first-order chi connectivity index (χ1) is 21.4. The maximum Gasteiger partial charge on any atom is 0.245 e. The van der Waals surface area contributed by atoms with E-state index in [1.165, 1.54) is 71.0 Å². The molecule has 0 radical (unpaired) electrons. The van der Waals surface area contributed by atoms with Gasteiger partial charge in [0.2, 0.25) is 20.0 Å². The van der Waals surface area contributed by atoms with Crippen LogP contribution in [0.3, 0.4) is 0 Å². The molecular formula is C34H30N2O7S2. The summed E-state index contributed by atoms with van der Waals surface area (Å²) >= 11 is 0. The predicted octanol–water partition coefficient (Wildman–Crippen LogP) is 2.95. The molecule has 2 aromatic carbocycles. The van der Waals surface area contributed by atoms with Gasteiger partial charge in [-0.2, -0.15) is 8.61 Å². The van der Waals surface area contributed by atoms with Crippen LogP contribution in [0.1, 0.15) is 54.3 Å². The van der Waals surface area contributed by atoms with Crippen molar-refractivity contribution < 1.29 is 31.2 Å². The van der Waals surface area contributed by atoms with Gasteiger partial charge in [-0.1, -0.05) is 30.2 Å².